The van der Waals surface area contributed by atoms with Gasteiger partial charge in [0, 0.05) is 12.6 Å². The molecule has 0 saturated heterocycles. The molecule has 0 aliphatic rings. The van der Waals surface area contributed by atoms with Crippen LogP contribution in [0.5, 0.6) is 0 Å². The van der Waals surface area contributed by atoms with Gasteiger partial charge in [0.1, 0.15) is 0 Å². The molecule has 0 fully saturated rings. The minimum atomic E-state index is 0.388. The minimum absolute atomic E-state index is 0.388. The quantitative estimate of drug-likeness (QED) is 0.565. The molecule has 0 spiro atoms. The van der Waals surface area contributed by atoms with Crippen molar-refractivity contribution in [2.75, 3.05) is 32.8 Å². The Morgan fingerprint density at radius 1 is 1.12 bits per heavy atom. The third-order valence-electron chi connectivity index (χ3n) is 3.04. The van der Waals surface area contributed by atoms with Crippen LogP contribution in [0.4, 0.5) is 0 Å². The molecule has 0 rings (SSSR count). The van der Waals surface area contributed by atoms with Gasteiger partial charge in [-0.05, 0) is 39.4 Å². The summed E-state index contributed by atoms with van der Waals surface area (Å²) in [6, 6.07) is 0.592. The fourth-order valence-electron chi connectivity index (χ4n) is 1.79. The van der Waals surface area contributed by atoms with E-state index in [9.17, 15) is 0 Å². The van der Waals surface area contributed by atoms with Gasteiger partial charge in [-0.25, -0.2) is 0 Å². The summed E-state index contributed by atoms with van der Waals surface area (Å²) in [7, 11) is 0. The predicted molar refractivity (Wildman–Crippen MR) is 75.6 cm³/mol. The van der Waals surface area contributed by atoms with E-state index in [1.54, 1.807) is 0 Å². The first-order valence-electron chi connectivity index (χ1n) is 7.17. The van der Waals surface area contributed by atoms with E-state index in [0.717, 1.165) is 39.2 Å². The summed E-state index contributed by atoms with van der Waals surface area (Å²) in [5.41, 5.74) is 0. The Labute approximate surface area is 108 Å². The smallest absolute Gasteiger partial charge is 0.0597 e. The molecule has 0 aliphatic carbocycles. The monoisotopic (exact) mass is 244 g/mol. The lowest BCUT2D eigenvalue weighted by molar-refractivity contribution is 0.0440. The Kier molecular flexibility index (Phi) is 10.9. The van der Waals surface area contributed by atoms with Crippen LogP contribution in [-0.2, 0) is 4.74 Å². The maximum atomic E-state index is 5.81. The lowest BCUT2D eigenvalue weighted by Gasteiger charge is -2.20. The highest BCUT2D eigenvalue weighted by atomic mass is 16.5. The van der Waals surface area contributed by atoms with Crippen molar-refractivity contribution in [2.24, 2.45) is 0 Å². The van der Waals surface area contributed by atoms with Crippen LogP contribution in [0.2, 0.25) is 0 Å². The Morgan fingerprint density at radius 3 is 2.29 bits per heavy atom. The average Bonchev–Trinajstić information content (AvgIpc) is 2.30. The van der Waals surface area contributed by atoms with Crippen molar-refractivity contribution in [2.45, 2.75) is 59.6 Å². The molecule has 3 heteroatoms. The number of likely N-dealkylation sites (N-methyl/N-ethyl adjacent to an activating group) is 1. The van der Waals surface area contributed by atoms with Crippen LogP contribution in [0.15, 0.2) is 0 Å². The van der Waals surface area contributed by atoms with Gasteiger partial charge in [-0.2, -0.15) is 0 Å². The molecule has 0 aliphatic heterocycles. The first kappa shape index (κ1) is 16.9. The Morgan fingerprint density at radius 2 is 1.76 bits per heavy atom. The summed E-state index contributed by atoms with van der Waals surface area (Å²) in [6.07, 6.45) is 2.74. The van der Waals surface area contributed by atoms with Crippen LogP contribution in [0.1, 0.15) is 47.5 Å². The van der Waals surface area contributed by atoms with Gasteiger partial charge in [0.25, 0.3) is 0 Å². The van der Waals surface area contributed by atoms with Crippen molar-refractivity contribution < 1.29 is 4.74 Å². The maximum Gasteiger partial charge on any atom is 0.0597 e. The van der Waals surface area contributed by atoms with E-state index >= 15 is 0 Å². The van der Waals surface area contributed by atoms with E-state index in [2.05, 4.69) is 44.8 Å². The van der Waals surface area contributed by atoms with Crippen LogP contribution in [0.3, 0.4) is 0 Å². The molecule has 0 radical (unpaired) electrons. The van der Waals surface area contributed by atoms with Crippen LogP contribution in [-0.4, -0.2) is 49.8 Å². The average molecular weight is 244 g/mol. The summed E-state index contributed by atoms with van der Waals surface area (Å²) in [6.45, 7) is 16.2. The van der Waals surface area contributed by atoms with Crippen LogP contribution in [0.25, 0.3) is 0 Å². The van der Waals surface area contributed by atoms with Crippen molar-refractivity contribution in [3.63, 3.8) is 0 Å². The van der Waals surface area contributed by atoms with Gasteiger partial charge in [0.2, 0.25) is 0 Å². The second-order valence-corrected chi connectivity index (χ2v) is 4.96. The van der Waals surface area contributed by atoms with Gasteiger partial charge in [-0.3, -0.25) is 0 Å². The SMILES string of the molecule is CCN(CC)CCOC(C)CCCNC(C)C. The summed E-state index contributed by atoms with van der Waals surface area (Å²) in [5, 5.41) is 3.43. The third-order valence-corrected chi connectivity index (χ3v) is 3.04. The van der Waals surface area contributed by atoms with Crippen molar-refractivity contribution in [3.05, 3.63) is 0 Å². The van der Waals surface area contributed by atoms with Crippen molar-refractivity contribution >= 4 is 0 Å². The zero-order valence-electron chi connectivity index (χ0n) is 12.5. The van der Waals surface area contributed by atoms with E-state index in [1.165, 1.54) is 6.42 Å². The van der Waals surface area contributed by atoms with E-state index in [-0.39, 0.29) is 0 Å². The fourth-order valence-corrected chi connectivity index (χ4v) is 1.79. The Hall–Kier alpha value is -0.120. The van der Waals surface area contributed by atoms with Crippen LogP contribution >= 0.6 is 0 Å². The van der Waals surface area contributed by atoms with Gasteiger partial charge in [0.05, 0.1) is 12.7 Å². The molecule has 1 unspecified atom stereocenters. The van der Waals surface area contributed by atoms with E-state index in [1.807, 2.05) is 0 Å². The molecule has 17 heavy (non-hydrogen) atoms. The highest BCUT2D eigenvalue weighted by molar-refractivity contribution is 4.57. The number of rotatable bonds is 11. The molecule has 0 bridgehead atoms. The maximum absolute atomic E-state index is 5.81. The molecule has 0 heterocycles. The lowest BCUT2D eigenvalue weighted by Crippen LogP contribution is -2.28. The molecule has 104 valence electrons. The topological polar surface area (TPSA) is 24.5 Å². The molecule has 3 nitrogen and oxygen atoms in total. The van der Waals surface area contributed by atoms with Gasteiger partial charge in [0.15, 0.2) is 0 Å². The van der Waals surface area contributed by atoms with Crippen LogP contribution < -0.4 is 5.32 Å². The van der Waals surface area contributed by atoms with Gasteiger partial charge in [-0.15, -0.1) is 0 Å². The first-order valence-corrected chi connectivity index (χ1v) is 7.17. The standard InChI is InChI=1S/C14H32N2O/c1-6-16(7-2)11-12-17-14(5)9-8-10-15-13(3)4/h13-15H,6-12H2,1-5H3. The molecular formula is C14H32N2O. The molecule has 1 N–H and O–H groups in total. The highest BCUT2D eigenvalue weighted by Crippen LogP contribution is 2.01. The summed E-state index contributed by atoms with van der Waals surface area (Å²) >= 11 is 0. The summed E-state index contributed by atoms with van der Waals surface area (Å²) in [5.74, 6) is 0. The molecule has 0 saturated carbocycles. The second kappa shape index (κ2) is 11.0. The molecule has 0 amide bonds. The van der Waals surface area contributed by atoms with E-state index < -0.39 is 0 Å². The lowest BCUT2D eigenvalue weighted by atomic mass is 10.2. The number of hydrogen-bond donors (Lipinski definition) is 1. The van der Waals surface area contributed by atoms with E-state index in [4.69, 9.17) is 4.74 Å². The number of nitrogens with one attached hydrogen (secondary N) is 1. The molecule has 0 aromatic heterocycles. The first-order chi connectivity index (χ1) is 8.10. The predicted octanol–water partition coefficient (Wildman–Crippen LogP) is 2.51. The normalized spacial score (nSPS) is 13.6. The Balaban J connectivity index is 3.36. The number of nitrogens with zero attached hydrogens (tertiary/aromatic N) is 1. The second-order valence-electron chi connectivity index (χ2n) is 4.96. The Bertz CT molecular complexity index is 158. The van der Waals surface area contributed by atoms with Gasteiger partial charge >= 0.3 is 0 Å². The van der Waals surface area contributed by atoms with Crippen molar-refractivity contribution in [1.29, 1.82) is 0 Å². The third kappa shape index (κ3) is 10.7. The van der Waals surface area contributed by atoms with Crippen LogP contribution in [0, 0.1) is 0 Å². The molecular weight excluding hydrogens is 212 g/mol. The summed E-state index contributed by atoms with van der Waals surface area (Å²) < 4.78 is 5.81. The molecule has 1 atom stereocenters. The largest absolute Gasteiger partial charge is 0.377 e. The van der Waals surface area contributed by atoms with E-state index in [0.29, 0.717) is 12.1 Å². The zero-order chi connectivity index (χ0) is 13.1. The molecule has 0 aromatic carbocycles. The summed E-state index contributed by atoms with van der Waals surface area (Å²) in [4.78, 5) is 2.40. The van der Waals surface area contributed by atoms with Gasteiger partial charge < -0.3 is 15.0 Å². The zero-order valence-corrected chi connectivity index (χ0v) is 12.5. The minimum Gasteiger partial charge on any atom is -0.377 e. The molecule has 0 aromatic rings. The fraction of sp³-hybridized carbons (Fsp3) is 1.00. The van der Waals surface area contributed by atoms with Gasteiger partial charge in [-0.1, -0.05) is 27.7 Å². The highest BCUT2D eigenvalue weighted by Gasteiger charge is 2.04. The number of ether oxygens (including phenoxy) is 1. The van der Waals surface area contributed by atoms with Crippen molar-refractivity contribution in [1.82, 2.24) is 10.2 Å². The van der Waals surface area contributed by atoms with Crippen molar-refractivity contribution in [3.8, 4) is 0 Å². The number of hydrogen-bond acceptors (Lipinski definition) is 3.